The van der Waals surface area contributed by atoms with E-state index in [-0.39, 0.29) is 29.8 Å². The van der Waals surface area contributed by atoms with Crippen LogP contribution in [0.1, 0.15) is 27.9 Å². The van der Waals surface area contributed by atoms with Gasteiger partial charge in [-0.15, -0.1) is 0 Å². The number of aliphatic hydroxyl groups is 1. The number of nitrogens with zero attached hydrogens (tertiary/aromatic N) is 2. The first-order valence-corrected chi connectivity index (χ1v) is 5.18. The monoisotopic (exact) mass is 240 g/mol. The lowest BCUT2D eigenvalue weighted by Crippen LogP contribution is -2.30. The van der Waals surface area contributed by atoms with Crippen molar-refractivity contribution < 1.29 is 14.7 Å². The van der Waals surface area contributed by atoms with Crippen molar-refractivity contribution in [2.45, 2.75) is 6.92 Å². The minimum atomic E-state index is -0.677. The van der Waals surface area contributed by atoms with Gasteiger partial charge in [-0.2, -0.15) is 5.10 Å². The number of carbonyl (C=O) groups excluding carboxylic acids is 2. The molecule has 1 rings (SSSR count). The number of aliphatic hydroxyl groups excluding tert-OH is 1. The SMILES string of the molecule is CC(CO)CNC(=O)c1cc(C(N)=O)nn1C. The van der Waals surface area contributed by atoms with Crippen molar-refractivity contribution in [1.29, 1.82) is 0 Å². The van der Waals surface area contributed by atoms with Crippen LogP contribution in [0.25, 0.3) is 0 Å². The van der Waals surface area contributed by atoms with Gasteiger partial charge < -0.3 is 16.2 Å². The molecule has 7 heteroatoms. The second-order valence-electron chi connectivity index (χ2n) is 3.90. The molecule has 1 atom stereocenters. The molecule has 0 radical (unpaired) electrons. The van der Waals surface area contributed by atoms with E-state index in [1.54, 1.807) is 14.0 Å². The summed E-state index contributed by atoms with van der Waals surface area (Å²) in [4.78, 5) is 22.6. The zero-order valence-corrected chi connectivity index (χ0v) is 9.80. The first-order valence-electron chi connectivity index (χ1n) is 5.18. The number of aromatic nitrogens is 2. The fourth-order valence-corrected chi connectivity index (χ4v) is 1.22. The number of rotatable bonds is 5. The molecule has 0 aromatic carbocycles. The lowest BCUT2D eigenvalue weighted by Gasteiger charge is -2.09. The summed E-state index contributed by atoms with van der Waals surface area (Å²) in [5, 5.41) is 15.3. The normalized spacial score (nSPS) is 12.2. The summed E-state index contributed by atoms with van der Waals surface area (Å²) in [5.74, 6) is -1.06. The molecule has 0 aliphatic heterocycles. The highest BCUT2D eigenvalue weighted by atomic mass is 16.3. The molecule has 0 bridgehead atoms. The summed E-state index contributed by atoms with van der Waals surface area (Å²) in [6.45, 7) is 2.16. The molecule has 94 valence electrons. The van der Waals surface area contributed by atoms with Gasteiger partial charge in [0.15, 0.2) is 5.69 Å². The zero-order valence-electron chi connectivity index (χ0n) is 9.80. The van der Waals surface area contributed by atoms with Crippen LogP contribution < -0.4 is 11.1 Å². The van der Waals surface area contributed by atoms with Gasteiger partial charge in [-0.1, -0.05) is 6.92 Å². The first kappa shape index (κ1) is 13.2. The summed E-state index contributed by atoms with van der Waals surface area (Å²) in [6, 6.07) is 1.33. The smallest absolute Gasteiger partial charge is 0.269 e. The third-order valence-corrected chi connectivity index (χ3v) is 2.29. The zero-order chi connectivity index (χ0) is 13.0. The van der Waals surface area contributed by atoms with Gasteiger partial charge in [0.2, 0.25) is 0 Å². The first-order chi connectivity index (χ1) is 7.95. The molecule has 17 heavy (non-hydrogen) atoms. The van der Waals surface area contributed by atoms with Gasteiger partial charge in [0.1, 0.15) is 5.69 Å². The number of hydrogen-bond donors (Lipinski definition) is 3. The van der Waals surface area contributed by atoms with Crippen LogP contribution in [0, 0.1) is 5.92 Å². The van der Waals surface area contributed by atoms with Crippen molar-refractivity contribution in [2.24, 2.45) is 18.7 Å². The Hall–Kier alpha value is -1.89. The van der Waals surface area contributed by atoms with E-state index in [1.165, 1.54) is 10.7 Å². The Bertz CT molecular complexity index is 427. The Balaban J connectivity index is 2.72. The van der Waals surface area contributed by atoms with Crippen LogP contribution in [-0.2, 0) is 7.05 Å². The molecule has 7 nitrogen and oxygen atoms in total. The lowest BCUT2D eigenvalue weighted by molar-refractivity contribution is 0.0932. The maximum absolute atomic E-state index is 11.7. The molecular weight excluding hydrogens is 224 g/mol. The number of aryl methyl sites for hydroxylation is 1. The number of nitrogens with one attached hydrogen (secondary N) is 1. The average molecular weight is 240 g/mol. The minimum absolute atomic E-state index is 0.00178. The predicted molar refractivity (Wildman–Crippen MR) is 60.3 cm³/mol. The van der Waals surface area contributed by atoms with Gasteiger partial charge in [0.05, 0.1) is 0 Å². The van der Waals surface area contributed by atoms with E-state index in [2.05, 4.69) is 10.4 Å². The van der Waals surface area contributed by atoms with Crippen LogP contribution in [0.15, 0.2) is 6.07 Å². The van der Waals surface area contributed by atoms with E-state index < -0.39 is 5.91 Å². The summed E-state index contributed by atoms with van der Waals surface area (Å²) in [6.07, 6.45) is 0. The fraction of sp³-hybridized carbons (Fsp3) is 0.500. The Labute approximate surface area is 98.6 Å². The molecule has 1 aromatic rings. The summed E-state index contributed by atoms with van der Waals surface area (Å²) in [5.41, 5.74) is 5.36. The highest BCUT2D eigenvalue weighted by Crippen LogP contribution is 2.02. The maximum atomic E-state index is 11.7. The topological polar surface area (TPSA) is 110 Å². The Morgan fingerprint density at radius 3 is 2.76 bits per heavy atom. The molecule has 0 fully saturated rings. The molecule has 2 amide bonds. The van der Waals surface area contributed by atoms with Crippen molar-refractivity contribution in [2.75, 3.05) is 13.2 Å². The fourth-order valence-electron chi connectivity index (χ4n) is 1.22. The van der Waals surface area contributed by atoms with E-state index in [4.69, 9.17) is 10.8 Å². The Morgan fingerprint density at radius 1 is 1.65 bits per heavy atom. The maximum Gasteiger partial charge on any atom is 0.269 e. The highest BCUT2D eigenvalue weighted by Gasteiger charge is 2.15. The van der Waals surface area contributed by atoms with Gasteiger partial charge in [0.25, 0.3) is 11.8 Å². The van der Waals surface area contributed by atoms with Crippen molar-refractivity contribution >= 4 is 11.8 Å². The van der Waals surface area contributed by atoms with Gasteiger partial charge in [-0.05, 0) is 5.92 Å². The predicted octanol–water partition coefficient (Wildman–Crippen LogP) is -1.12. The van der Waals surface area contributed by atoms with Crippen LogP contribution in [0.2, 0.25) is 0 Å². The van der Waals surface area contributed by atoms with E-state index >= 15 is 0 Å². The number of nitrogens with two attached hydrogens (primary N) is 1. The van der Waals surface area contributed by atoms with Gasteiger partial charge >= 0.3 is 0 Å². The Kier molecular flexibility index (Phi) is 4.22. The summed E-state index contributed by atoms with van der Waals surface area (Å²) < 4.78 is 1.29. The summed E-state index contributed by atoms with van der Waals surface area (Å²) in [7, 11) is 1.55. The number of amides is 2. The van der Waals surface area contributed by atoms with Crippen LogP contribution in [0.3, 0.4) is 0 Å². The number of carbonyl (C=O) groups is 2. The van der Waals surface area contributed by atoms with Crippen molar-refractivity contribution in [3.8, 4) is 0 Å². The molecular formula is C10H16N4O3. The molecule has 1 aromatic heterocycles. The summed E-state index contributed by atoms with van der Waals surface area (Å²) >= 11 is 0. The largest absolute Gasteiger partial charge is 0.396 e. The van der Waals surface area contributed by atoms with E-state index in [9.17, 15) is 9.59 Å². The van der Waals surface area contributed by atoms with E-state index in [0.29, 0.717) is 6.54 Å². The minimum Gasteiger partial charge on any atom is -0.396 e. The van der Waals surface area contributed by atoms with Crippen LogP contribution in [0.4, 0.5) is 0 Å². The van der Waals surface area contributed by atoms with E-state index in [0.717, 1.165) is 0 Å². The van der Waals surface area contributed by atoms with Gasteiger partial charge in [0, 0.05) is 26.3 Å². The average Bonchev–Trinajstić information content (AvgIpc) is 2.68. The second kappa shape index (κ2) is 5.44. The second-order valence-corrected chi connectivity index (χ2v) is 3.90. The van der Waals surface area contributed by atoms with Crippen LogP contribution >= 0.6 is 0 Å². The molecule has 0 saturated carbocycles. The molecule has 1 heterocycles. The molecule has 4 N–H and O–H groups in total. The molecule has 0 aliphatic carbocycles. The van der Waals surface area contributed by atoms with Gasteiger partial charge in [-0.3, -0.25) is 14.3 Å². The standard InChI is InChI=1S/C10H16N4O3/c1-6(5-15)4-12-10(17)8-3-7(9(11)16)13-14(8)2/h3,6,15H,4-5H2,1-2H3,(H2,11,16)(H,12,17). The number of primary amides is 1. The third kappa shape index (κ3) is 3.28. The van der Waals surface area contributed by atoms with Gasteiger partial charge in [-0.25, -0.2) is 0 Å². The quantitative estimate of drug-likeness (QED) is 0.605. The van der Waals surface area contributed by atoms with Crippen LogP contribution in [0.5, 0.6) is 0 Å². The van der Waals surface area contributed by atoms with Crippen molar-refractivity contribution in [1.82, 2.24) is 15.1 Å². The molecule has 0 aliphatic rings. The van der Waals surface area contributed by atoms with Crippen molar-refractivity contribution in [3.05, 3.63) is 17.5 Å². The van der Waals surface area contributed by atoms with Crippen molar-refractivity contribution in [3.63, 3.8) is 0 Å². The Morgan fingerprint density at radius 2 is 2.29 bits per heavy atom. The number of hydrogen-bond acceptors (Lipinski definition) is 4. The highest BCUT2D eigenvalue weighted by molar-refractivity contribution is 5.97. The van der Waals surface area contributed by atoms with E-state index in [1.807, 2.05) is 0 Å². The lowest BCUT2D eigenvalue weighted by atomic mass is 10.2. The molecule has 0 spiro atoms. The molecule has 1 unspecified atom stereocenters. The van der Waals surface area contributed by atoms with Crippen LogP contribution in [-0.4, -0.2) is 39.9 Å². The third-order valence-electron chi connectivity index (χ3n) is 2.29. The molecule has 0 saturated heterocycles.